The van der Waals surface area contributed by atoms with E-state index in [0.29, 0.717) is 11.5 Å². The van der Waals surface area contributed by atoms with Crippen LogP contribution in [-0.2, 0) is 0 Å². The lowest BCUT2D eigenvalue weighted by atomic mass is 9.93. The molecule has 26 heavy (non-hydrogen) atoms. The summed E-state index contributed by atoms with van der Waals surface area (Å²) in [5.41, 5.74) is 3.24. The Morgan fingerprint density at radius 2 is 1.62 bits per heavy atom. The van der Waals surface area contributed by atoms with Crippen LogP contribution in [0.1, 0.15) is 36.4 Å². The Labute approximate surface area is 154 Å². The molecule has 1 saturated heterocycles. The summed E-state index contributed by atoms with van der Waals surface area (Å²) in [6.45, 7) is 2.28. The lowest BCUT2D eigenvalue weighted by Crippen LogP contribution is -2.34. The molecule has 0 radical (unpaired) electrons. The van der Waals surface area contributed by atoms with E-state index in [4.69, 9.17) is 9.47 Å². The van der Waals surface area contributed by atoms with Gasteiger partial charge < -0.3 is 19.5 Å². The van der Waals surface area contributed by atoms with Crippen LogP contribution in [0.3, 0.4) is 0 Å². The first-order chi connectivity index (χ1) is 12.6. The van der Waals surface area contributed by atoms with Gasteiger partial charge in [-0.05, 0) is 49.7 Å². The zero-order valence-electron chi connectivity index (χ0n) is 15.4. The average Bonchev–Trinajstić information content (AvgIpc) is 3.10. The number of fused-ring (bicyclic) bond motifs is 1. The van der Waals surface area contributed by atoms with Gasteiger partial charge in [0, 0.05) is 31.4 Å². The molecule has 1 atom stereocenters. The maximum atomic E-state index is 10.7. The molecule has 4 rings (SSSR count). The number of phenols is 1. The zero-order valence-corrected chi connectivity index (χ0v) is 15.4. The minimum absolute atomic E-state index is 0.0148. The van der Waals surface area contributed by atoms with Crippen LogP contribution in [0.4, 0.5) is 5.69 Å². The summed E-state index contributed by atoms with van der Waals surface area (Å²) < 4.78 is 11.0. The van der Waals surface area contributed by atoms with Gasteiger partial charge in [0.25, 0.3) is 0 Å². The number of piperidine rings is 1. The fourth-order valence-corrected chi connectivity index (χ4v) is 3.88. The number of likely N-dealkylation sites (tertiary alicyclic amines) is 1. The number of hydrogen-bond donors (Lipinski definition) is 1. The summed E-state index contributed by atoms with van der Waals surface area (Å²) in [5, 5.41) is 10.7. The summed E-state index contributed by atoms with van der Waals surface area (Å²) in [7, 11) is 4.08. The molecule has 2 aromatic carbocycles. The van der Waals surface area contributed by atoms with E-state index in [1.54, 1.807) is 6.07 Å². The van der Waals surface area contributed by atoms with Gasteiger partial charge in [-0.25, -0.2) is 0 Å². The van der Waals surface area contributed by atoms with Gasteiger partial charge >= 0.3 is 0 Å². The van der Waals surface area contributed by atoms with Crippen molar-refractivity contribution in [1.29, 1.82) is 0 Å². The molecule has 2 aromatic rings. The highest BCUT2D eigenvalue weighted by molar-refractivity contribution is 5.55. The second-order valence-corrected chi connectivity index (χ2v) is 7.25. The fourth-order valence-electron chi connectivity index (χ4n) is 3.88. The normalized spacial score (nSPS) is 17.9. The van der Waals surface area contributed by atoms with Crippen molar-refractivity contribution in [2.45, 2.75) is 25.3 Å². The summed E-state index contributed by atoms with van der Waals surface area (Å²) >= 11 is 0. The number of rotatable bonds is 4. The fraction of sp³-hybridized carbons (Fsp3) is 0.429. The molecule has 0 aliphatic carbocycles. The van der Waals surface area contributed by atoms with Gasteiger partial charge in [-0.15, -0.1) is 0 Å². The standard InChI is InChI=1S/C21H26N2O3/c1-22(2)16-8-6-15(7-9-16)21(23-10-4-3-5-11-23)17-12-19-20(13-18(17)24)26-14-25-19/h6-9,12-13,21,24H,3-5,10-11,14H2,1-2H3/t21-/m1/s1. The number of hydrogen-bond acceptors (Lipinski definition) is 5. The van der Waals surface area contributed by atoms with Crippen LogP contribution in [0.15, 0.2) is 36.4 Å². The predicted molar refractivity (Wildman–Crippen MR) is 102 cm³/mol. The van der Waals surface area contributed by atoms with Crippen LogP contribution in [0.2, 0.25) is 0 Å². The molecule has 0 saturated carbocycles. The van der Waals surface area contributed by atoms with E-state index >= 15 is 0 Å². The molecule has 5 heteroatoms. The molecule has 138 valence electrons. The molecule has 5 nitrogen and oxygen atoms in total. The number of anilines is 1. The number of benzene rings is 2. The highest BCUT2D eigenvalue weighted by Gasteiger charge is 2.29. The summed E-state index contributed by atoms with van der Waals surface area (Å²) in [4.78, 5) is 4.56. The van der Waals surface area contributed by atoms with Gasteiger partial charge in [0.2, 0.25) is 6.79 Å². The second kappa shape index (κ2) is 7.08. The van der Waals surface area contributed by atoms with Crippen molar-refractivity contribution in [2.24, 2.45) is 0 Å². The van der Waals surface area contributed by atoms with E-state index < -0.39 is 0 Å². The Bertz CT molecular complexity index is 768. The zero-order chi connectivity index (χ0) is 18.1. The number of ether oxygens (including phenoxy) is 2. The van der Waals surface area contributed by atoms with Crippen LogP contribution < -0.4 is 14.4 Å². The van der Waals surface area contributed by atoms with Crippen LogP contribution in [0.25, 0.3) is 0 Å². The molecule has 2 aliphatic heterocycles. The van der Waals surface area contributed by atoms with Gasteiger partial charge in [0.1, 0.15) is 5.75 Å². The van der Waals surface area contributed by atoms with Gasteiger partial charge in [-0.3, -0.25) is 4.90 Å². The third kappa shape index (κ3) is 3.19. The monoisotopic (exact) mass is 354 g/mol. The first kappa shape index (κ1) is 17.0. The third-order valence-corrected chi connectivity index (χ3v) is 5.30. The van der Waals surface area contributed by atoms with Crippen LogP contribution in [0.5, 0.6) is 17.2 Å². The van der Waals surface area contributed by atoms with E-state index in [1.165, 1.54) is 30.5 Å². The minimum atomic E-state index is 0.0148. The molecule has 2 aliphatic rings. The quantitative estimate of drug-likeness (QED) is 0.906. The molecule has 0 unspecified atom stereocenters. The molecule has 1 fully saturated rings. The van der Waals surface area contributed by atoms with Crippen molar-refractivity contribution < 1.29 is 14.6 Å². The van der Waals surface area contributed by atoms with Crippen molar-refractivity contribution in [2.75, 3.05) is 38.9 Å². The highest BCUT2D eigenvalue weighted by atomic mass is 16.7. The van der Waals surface area contributed by atoms with Crippen LogP contribution in [-0.4, -0.2) is 44.0 Å². The van der Waals surface area contributed by atoms with Crippen molar-refractivity contribution in [1.82, 2.24) is 4.90 Å². The molecule has 0 aromatic heterocycles. The van der Waals surface area contributed by atoms with Gasteiger partial charge in [0.15, 0.2) is 11.5 Å². The molecule has 0 bridgehead atoms. The van der Waals surface area contributed by atoms with E-state index in [9.17, 15) is 5.11 Å². The summed E-state index contributed by atoms with van der Waals surface area (Å²) in [6.07, 6.45) is 3.66. The lowest BCUT2D eigenvalue weighted by Gasteiger charge is -2.35. The number of aromatic hydroxyl groups is 1. The Morgan fingerprint density at radius 1 is 0.962 bits per heavy atom. The van der Waals surface area contributed by atoms with Crippen molar-refractivity contribution in [3.8, 4) is 17.2 Å². The predicted octanol–water partition coefficient (Wildman–Crippen LogP) is 3.76. The minimum Gasteiger partial charge on any atom is -0.507 e. The van der Waals surface area contributed by atoms with E-state index in [1.807, 2.05) is 20.2 Å². The summed E-state index contributed by atoms with van der Waals surface area (Å²) in [6, 6.07) is 12.2. The first-order valence-corrected chi connectivity index (χ1v) is 9.27. The number of nitrogens with zero attached hydrogens (tertiary/aromatic N) is 2. The topological polar surface area (TPSA) is 45.2 Å². The Kier molecular flexibility index (Phi) is 4.64. The molecule has 0 amide bonds. The smallest absolute Gasteiger partial charge is 0.231 e. The van der Waals surface area contributed by atoms with Gasteiger partial charge in [0.05, 0.1) is 6.04 Å². The van der Waals surface area contributed by atoms with Crippen molar-refractivity contribution >= 4 is 5.69 Å². The Balaban J connectivity index is 1.76. The largest absolute Gasteiger partial charge is 0.507 e. The van der Waals surface area contributed by atoms with E-state index in [-0.39, 0.29) is 18.6 Å². The van der Waals surface area contributed by atoms with E-state index in [0.717, 1.165) is 18.7 Å². The highest BCUT2D eigenvalue weighted by Crippen LogP contribution is 2.43. The van der Waals surface area contributed by atoms with E-state index in [2.05, 4.69) is 34.1 Å². The van der Waals surface area contributed by atoms with Crippen LogP contribution in [0, 0.1) is 0 Å². The SMILES string of the molecule is CN(C)c1ccc([C@H](c2cc3c(cc2O)OCO3)N2CCCCC2)cc1. The Hall–Kier alpha value is -2.40. The third-order valence-electron chi connectivity index (χ3n) is 5.30. The van der Waals surface area contributed by atoms with Crippen molar-refractivity contribution in [3.05, 3.63) is 47.5 Å². The second-order valence-electron chi connectivity index (χ2n) is 7.25. The number of phenolic OH excluding ortho intramolecular Hbond substituents is 1. The summed E-state index contributed by atoms with van der Waals surface area (Å²) in [5.74, 6) is 1.60. The maximum Gasteiger partial charge on any atom is 0.231 e. The molecule has 2 heterocycles. The molecular formula is C21H26N2O3. The Morgan fingerprint density at radius 3 is 2.27 bits per heavy atom. The van der Waals surface area contributed by atoms with Gasteiger partial charge in [-0.1, -0.05) is 18.6 Å². The molecule has 0 spiro atoms. The first-order valence-electron chi connectivity index (χ1n) is 9.27. The average molecular weight is 354 g/mol. The molecule has 1 N–H and O–H groups in total. The van der Waals surface area contributed by atoms with Gasteiger partial charge in [-0.2, -0.15) is 0 Å². The van der Waals surface area contributed by atoms with Crippen molar-refractivity contribution in [3.63, 3.8) is 0 Å². The van der Waals surface area contributed by atoms with Crippen LogP contribution >= 0.6 is 0 Å². The maximum absolute atomic E-state index is 10.7. The lowest BCUT2D eigenvalue weighted by molar-refractivity contribution is 0.173. The molecular weight excluding hydrogens is 328 g/mol.